The number of rotatable bonds is 6. The maximum atomic E-state index is 6.58. The quantitative estimate of drug-likeness (QED) is 0.167. The van der Waals surface area contributed by atoms with E-state index in [2.05, 4.69) is 213 Å². The zero-order chi connectivity index (χ0) is 42.5. The van der Waals surface area contributed by atoms with Gasteiger partial charge in [-0.1, -0.05) is 159 Å². The molecule has 0 saturated heterocycles. The molecule has 2 heterocycles. The normalized spacial score (nSPS) is 13.0. The van der Waals surface area contributed by atoms with Crippen LogP contribution in [0.4, 0.5) is 17.1 Å². The van der Waals surface area contributed by atoms with E-state index in [1.165, 1.54) is 38.6 Å². The van der Waals surface area contributed by atoms with Gasteiger partial charge in [0.15, 0.2) is 0 Å². The highest BCUT2D eigenvalue weighted by Gasteiger charge is 2.35. The fourth-order valence-corrected chi connectivity index (χ4v) is 10.6. The van der Waals surface area contributed by atoms with Crippen LogP contribution >= 0.6 is 0 Å². The Morgan fingerprint density at radius 1 is 0.359 bits per heavy atom. The molecule has 0 fully saturated rings. The smallest absolute Gasteiger partial charge is 0.137 e. The molecule has 0 amide bonds. The molecule has 0 atom stereocenters. The molecule has 13 rings (SSSR count). The average Bonchev–Trinajstić information content (AvgIpc) is 3.99. The summed E-state index contributed by atoms with van der Waals surface area (Å²) in [6, 6.07) is 76.9. The summed E-state index contributed by atoms with van der Waals surface area (Å²) in [6.45, 7) is 4.68. The van der Waals surface area contributed by atoms with Gasteiger partial charge in [-0.2, -0.15) is 0 Å². The molecular weight excluding hydrogens is 779 g/mol. The Bertz CT molecular complexity index is 3840. The first-order valence-electron chi connectivity index (χ1n) is 22.1. The molecule has 1 aliphatic rings. The molecule has 2 aromatic heterocycles. The highest BCUT2D eigenvalue weighted by molar-refractivity contribution is 6.15. The molecule has 64 heavy (non-hydrogen) atoms. The summed E-state index contributed by atoms with van der Waals surface area (Å²) < 4.78 is 13.1. The monoisotopic (exact) mass is 819 g/mol. The van der Waals surface area contributed by atoms with Crippen LogP contribution in [0.1, 0.15) is 25.0 Å². The van der Waals surface area contributed by atoms with Crippen LogP contribution in [0.3, 0.4) is 0 Å². The Morgan fingerprint density at radius 3 is 1.89 bits per heavy atom. The van der Waals surface area contributed by atoms with Crippen molar-refractivity contribution in [1.82, 2.24) is 0 Å². The molecule has 0 spiro atoms. The van der Waals surface area contributed by atoms with Crippen LogP contribution in [0.2, 0.25) is 0 Å². The Morgan fingerprint density at radius 2 is 0.984 bits per heavy atom. The lowest BCUT2D eigenvalue weighted by Gasteiger charge is -2.30. The van der Waals surface area contributed by atoms with E-state index in [0.717, 1.165) is 88.8 Å². The molecule has 12 aromatic rings. The van der Waals surface area contributed by atoms with Crippen molar-refractivity contribution < 1.29 is 8.83 Å². The SMILES string of the molecule is CC1(C)c2ccccc2-c2cc(-c3cccc(N(c4cccc(-c5ccc6c(c5)oc5ccccc56)c4-c4ccc5ccccc5c4)c4cccc5oc6ccccc6c45)c3)ccc21. The van der Waals surface area contributed by atoms with E-state index in [1.807, 2.05) is 18.2 Å². The summed E-state index contributed by atoms with van der Waals surface area (Å²) >= 11 is 0. The van der Waals surface area contributed by atoms with Gasteiger partial charge in [0.2, 0.25) is 0 Å². The maximum Gasteiger partial charge on any atom is 0.137 e. The molecule has 0 bridgehead atoms. The summed E-state index contributed by atoms with van der Waals surface area (Å²) in [5.74, 6) is 0. The second-order valence-corrected chi connectivity index (χ2v) is 17.6. The standard InChI is InChI=1S/C61H41NO2/c1-61(2)51-22-8-5-18-46(51)50-36-41(31-33-52(50)61)40-16-11-17-44(35-40)62(54-24-13-27-57-60(54)49-20-7-10-26-56(49)63-57)53-23-12-21-45(59(53)43-29-28-38-14-3-4-15-39(38)34-43)42-30-32-48-47-19-6-9-25-55(47)64-58(48)37-42/h3-37H,1-2H3. The first-order chi connectivity index (χ1) is 31.5. The summed E-state index contributed by atoms with van der Waals surface area (Å²) in [5, 5.41) is 6.76. The van der Waals surface area contributed by atoms with Crippen LogP contribution in [0.25, 0.3) is 99.2 Å². The first kappa shape index (κ1) is 36.5. The van der Waals surface area contributed by atoms with Crippen molar-refractivity contribution in [2.75, 3.05) is 4.90 Å². The zero-order valence-electron chi connectivity index (χ0n) is 35.5. The molecule has 302 valence electrons. The molecule has 0 radical (unpaired) electrons. The minimum atomic E-state index is -0.0612. The second-order valence-electron chi connectivity index (χ2n) is 17.6. The van der Waals surface area contributed by atoms with Crippen molar-refractivity contribution >= 4 is 71.7 Å². The summed E-state index contributed by atoms with van der Waals surface area (Å²) in [4.78, 5) is 2.45. The van der Waals surface area contributed by atoms with Gasteiger partial charge in [0, 0.05) is 32.8 Å². The number of nitrogens with zero attached hydrogens (tertiary/aromatic N) is 1. The summed E-state index contributed by atoms with van der Waals surface area (Å²) in [5.41, 5.74) is 18.7. The fourth-order valence-electron chi connectivity index (χ4n) is 10.6. The van der Waals surface area contributed by atoms with Gasteiger partial charge < -0.3 is 13.7 Å². The van der Waals surface area contributed by atoms with Gasteiger partial charge in [-0.3, -0.25) is 0 Å². The highest BCUT2D eigenvalue weighted by atomic mass is 16.3. The highest BCUT2D eigenvalue weighted by Crippen LogP contribution is 2.52. The van der Waals surface area contributed by atoms with E-state index in [4.69, 9.17) is 8.83 Å². The summed E-state index contributed by atoms with van der Waals surface area (Å²) in [6.07, 6.45) is 0. The first-order valence-corrected chi connectivity index (χ1v) is 22.1. The predicted molar refractivity (Wildman–Crippen MR) is 267 cm³/mol. The topological polar surface area (TPSA) is 29.5 Å². The van der Waals surface area contributed by atoms with Gasteiger partial charge in [0.25, 0.3) is 0 Å². The summed E-state index contributed by atoms with van der Waals surface area (Å²) in [7, 11) is 0. The van der Waals surface area contributed by atoms with Gasteiger partial charge in [-0.15, -0.1) is 0 Å². The van der Waals surface area contributed by atoms with Crippen molar-refractivity contribution in [2.45, 2.75) is 19.3 Å². The molecule has 3 heteroatoms. The van der Waals surface area contributed by atoms with E-state index in [0.29, 0.717) is 0 Å². The van der Waals surface area contributed by atoms with Crippen LogP contribution in [-0.2, 0) is 5.41 Å². The molecule has 0 N–H and O–H groups in total. The van der Waals surface area contributed by atoms with E-state index in [-0.39, 0.29) is 5.41 Å². The molecule has 0 unspecified atom stereocenters. The number of hydrogen-bond acceptors (Lipinski definition) is 3. The van der Waals surface area contributed by atoms with E-state index in [1.54, 1.807) is 0 Å². The molecule has 3 nitrogen and oxygen atoms in total. The molecule has 1 aliphatic carbocycles. The van der Waals surface area contributed by atoms with E-state index >= 15 is 0 Å². The van der Waals surface area contributed by atoms with Crippen LogP contribution in [0, 0.1) is 0 Å². The lowest BCUT2D eigenvalue weighted by atomic mass is 9.82. The van der Waals surface area contributed by atoms with Crippen LogP contribution in [0.15, 0.2) is 221 Å². The Labute approximate surface area is 371 Å². The fraction of sp³-hybridized carbons (Fsp3) is 0.0492. The number of benzene rings is 10. The van der Waals surface area contributed by atoms with Gasteiger partial charge in [-0.05, 0) is 128 Å². The van der Waals surface area contributed by atoms with E-state index < -0.39 is 0 Å². The van der Waals surface area contributed by atoms with Crippen molar-refractivity contribution in [1.29, 1.82) is 0 Å². The minimum absolute atomic E-state index is 0.0612. The molecule has 0 saturated carbocycles. The van der Waals surface area contributed by atoms with Crippen LogP contribution in [-0.4, -0.2) is 0 Å². The van der Waals surface area contributed by atoms with Crippen molar-refractivity contribution in [3.63, 3.8) is 0 Å². The van der Waals surface area contributed by atoms with E-state index in [9.17, 15) is 0 Å². The predicted octanol–water partition coefficient (Wildman–Crippen LogP) is 17.4. The number of anilines is 3. The van der Waals surface area contributed by atoms with Gasteiger partial charge in [-0.25, -0.2) is 0 Å². The van der Waals surface area contributed by atoms with Gasteiger partial charge in [0.1, 0.15) is 22.3 Å². The zero-order valence-corrected chi connectivity index (χ0v) is 35.5. The number of para-hydroxylation sites is 2. The van der Waals surface area contributed by atoms with Crippen LogP contribution < -0.4 is 4.90 Å². The number of furan rings is 2. The van der Waals surface area contributed by atoms with Crippen molar-refractivity contribution in [2.24, 2.45) is 0 Å². The average molecular weight is 820 g/mol. The lowest BCUT2D eigenvalue weighted by Crippen LogP contribution is -2.14. The van der Waals surface area contributed by atoms with Crippen molar-refractivity contribution in [3.05, 3.63) is 223 Å². The van der Waals surface area contributed by atoms with Crippen molar-refractivity contribution in [3.8, 4) is 44.5 Å². The Balaban J connectivity index is 1.08. The molecular formula is C61H41NO2. The number of fused-ring (bicyclic) bond motifs is 10. The Hall–Kier alpha value is -8.14. The molecule has 0 aliphatic heterocycles. The third-order valence-electron chi connectivity index (χ3n) is 13.7. The van der Waals surface area contributed by atoms with Crippen LogP contribution in [0.5, 0.6) is 0 Å². The minimum Gasteiger partial charge on any atom is -0.456 e. The van der Waals surface area contributed by atoms with Gasteiger partial charge >= 0.3 is 0 Å². The molecule has 10 aromatic carbocycles. The maximum absolute atomic E-state index is 6.58. The Kier molecular flexibility index (Phi) is 7.95. The third-order valence-corrected chi connectivity index (χ3v) is 13.7. The third kappa shape index (κ3) is 5.54. The largest absolute Gasteiger partial charge is 0.456 e. The lowest BCUT2D eigenvalue weighted by molar-refractivity contribution is 0.660. The second kappa shape index (κ2) is 13.9. The van der Waals surface area contributed by atoms with Gasteiger partial charge in [0.05, 0.1) is 16.8 Å². The number of hydrogen-bond donors (Lipinski definition) is 0.